The third kappa shape index (κ3) is 4.19. The first kappa shape index (κ1) is 21.0. The number of nitrogens with zero attached hydrogens (tertiary/aromatic N) is 3. The van der Waals surface area contributed by atoms with Gasteiger partial charge in [-0.05, 0) is 36.8 Å². The highest BCUT2D eigenvalue weighted by molar-refractivity contribution is 7.99. The molecule has 8 nitrogen and oxygen atoms in total. The molecule has 9 heteroatoms. The Bertz CT molecular complexity index is 925. The van der Waals surface area contributed by atoms with Gasteiger partial charge >= 0.3 is 5.97 Å². The molecular weight excluding hydrogens is 392 g/mol. The first-order valence-electron chi connectivity index (χ1n) is 9.50. The van der Waals surface area contributed by atoms with Gasteiger partial charge < -0.3 is 19.5 Å². The van der Waals surface area contributed by atoms with Gasteiger partial charge in [0.25, 0.3) is 0 Å². The SMILES string of the molecule is CCCOC(=O)C1=C(C)Nc2nc(SCC)nn2C1c1ccc(OC)c(OC)c1. The van der Waals surface area contributed by atoms with E-state index in [1.807, 2.05) is 39.0 Å². The van der Waals surface area contributed by atoms with Crippen LogP contribution in [0.4, 0.5) is 5.95 Å². The molecule has 1 N–H and O–H groups in total. The number of nitrogens with one attached hydrogen (secondary N) is 1. The number of carbonyl (C=O) groups excluding carboxylic acids is 1. The maximum Gasteiger partial charge on any atom is 0.338 e. The molecule has 0 radical (unpaired) electrons. The maximum absolute atomic E-state index is 12.9. The molecule has 2 heterocycles. The van der Waals surface area contributed by atoms with Gasteiger partial charge in [-0.1, -0.05) is 31.7 Å². The lowest BCUT2D eigenvalue weighted by atomic mass is 9.95. The summed E-state index contributed by atoms with van der Waals surface area (Å²) in [5, 5.41) is 8.48. The summed E-state index contributed by atoms with van der Waals surface area (Å²) in [6.07, 6.45) is 0.748. The molecule has 0 amide bonds. The summed E-state index contributed by atoms with van der Waals surface area (Å²) in [5.41, 5.74) is 2.01. The second kappa shape index (κ2) is 9.21. The average molecular weight is 419 g/mol. The predicted molar refractivity (Wildman–Crippen MR) is 112 cm³/mol. The third-order valence-electron chi connectivity index (χ3n) is 4.49. The predicted octanol–water partition coefficient (Wildman–Crippen LogP) is 3.65. The zero-order valence-corrected chi connectivity index (χ0v) is 18.1. The number of aromatic nitrogens is 3. The van der Waals surface area contributed by atoms with E-state index in [1.165, 1.54) is 0 Å². The van der Waals surface area contributed by atoms with Crippen molar-refractivity contribution in [3.63, 3.8) is 0 Å². The summed E-state index contributed by atoms with van der Waals surface area (Å²) in [7, 11) is 3.17. The summed E-state index contributed by atoms with van der Waals surface area (Å²) in [4.78, 5) is 17.5. The molecule has 0 saturated heterocycles. The normalized spacial score (nSPS) is 15.6. The van der Waals surface area contributed by atoms with Gasteiger partial charge in [-0.2, -0.15) is 4.98 Å². The number of benzene rings is 1. The number of esters is 1. The number of anilines is 1. The molecule has 2 aromatic rings. The van der Waals surface area contributed by atoms with Gasteiger partial charge in [-0.3, -0.25) is 0 Å². The van der Waals surface area contributed by atoms with Gasteiger partial charge in [-0.25, -0.2) is 9.48 Å². The summed E-state index contributed by atoms with van der Waals surface area (Å²) in [5.74, 6) is 2.25. The number of ether oxygens (including phenoxy) is 3. The van der Waals surface area contributed by atoms with Gasteiger partial charge in [0.15, 0.2) is 11.5 Å². The highest BCUT2D eigenvalue weighted by atomic mass is 32.2. The van der Waals surface area contributed by atoms with Crippen molar-refractivity contribution in [2.45, 2.75) is 38.4 Å². The van der Waals surface area contributed by atoms with E-state index in [2.05, 4.69) is 15.4 Å². The molecule has 1 atom stereocenters. The second-order valence-electron chi connectivity index (χ2n) is 6.41. The van der Waals surface area contributed by atoms with Crippen molar-refractivity contribution in [3.05, 3.63) is 35.0 Å². The van der Waals surface area contributed by atoms with E-state index in [-0.39, 0.29) is 5.97 Å². The number of fused-ring (bicyclic) bond motifs is 1. The molecule has 1 aromatic carbocycles. The van der Waals surface area contributed by atoms with E-state index < -0.39 is 6.04 Å². The lowest BCUT2D eigenvalue weighted by Gasteiger charge is -2.28. The quantitative estimate of drug-likeness (QED) is 0.513. The molecular formula is C20H26N4O4S. The largest absolute Gasteiger partial charge is 0.493 e. The van der Waals surface area contributed by atoms with Gasteiger partial charge in [0.05, 0.1) is 26.4 Å². The van der Waals surface area contributed by atoms with Crippen LogP contribution in [0.3, 0.4) is 0 Å². The van der Waals surface area contributed by atoms with Crippen LogP contribution in [0.5, 0.6) is 11.5 Å². The molecule has 29 heavy (non-hydrogen) atoms. The zero-order valence-electron chi connectivity index (χ0n) is 17.3. The van der Waals surface area contributed by atoms with Crippen molar-refractivity contribution in [2.24, 2.45) is 0 Å². The molecule has 1 aliphatic rings. The molecule has 0 bridgehead atoms. The fourth-order valence-electron chi connectivity index (χ4n) is 3.19. The fourth-order valence-corrected chi connectivity index (χ4v) is 3.74. The summed E-state index contributed by atoms with van der Waals surface area (Å²) >= 11 is 1.54. The molecule has 156 valence electrons. The van der Waals surface area contributed by atoms with Gasteiger partial charge in [-0.15, -0.1) is 5.10 Å². The van der Waals surface area contributed by atoms with Crippen LogP contribution in [0.1, 0.15) is 38.8 Å². The molecule has 0 aliphatic carbocycles. The lowest BCUT2D eigenvalue weighted by Crippen LogP contribution is -2.29. The smallest absolute Gasteiger partial charge is 0.338 e. The van der Waals surface area contributed by atoms with E-state index in [0.29, 0.717) is 40.5 Å². The molecule has 0 saturated carbocycles. The van der Waals surface area contributed by atoms with Crippen LogP contribution in [0, 0.1) is 0 Å². The van der Waals surface area contributed by atoms with E-state index in [4.69, 9.17) is 14.2 Å². The van der Waals surface area contributed by atoms with Crippen LogP contribution < -0.4 is 14.8 Å². The van der Waals surface area contributed by atoms with Crippen molar-refractivity contribution < 1.29 is 19.0 Å². The summed E-state index contributed by atoms with van der Waals surface area (Å²) in [6, 6.07) is 5.08. The van der Waals surface area contributed by atoms with Crippen LogP contribution in [0.2, 0.25) is 0 Å². The standard InChI is InChI=1S/C20H26N4O4S/c1-6-10-28-18(25)16-12(3)21-19-22-20(29-7-2)23-24(19)17(16)13-8-9-14(26-4)15(11-13)27-5/h8-9,11,17H,6-7,10H2,1-5H3,(H,21,22,23). The monoisotopic (exact) mass is 418 g/mol. The minimum atomic E-state index is -0.492. The van der Waals surface area contributed by atoms with Crippen LogP contribution in [0.25, 0.3) is 0 Å². The van der Waals surface area contributed by atoms with E-state index in [1.54, 1.807) is 30.7 Å². The lowest BCUT2D eigenvalue weighted by molar-refractivity contribution is -0.139. The molecule has 1 aliphatic heterocycles. The first-order chi connectivity index (χ1) is 14.0. The molecule has 0 fully saturated rings. The topological polar surface area (TPSA) is 87.5 Å². The van der Waals surface area contributed by atoms with Crippen molar-refractivity contribution in [1.29, 1.82) is 0 Å². The zero-order chi connectivity index (χ0) is 21.0. The number of allylic oxidation sites excluding steroid dienone is 1. The van der Waals surface area contributed by atoms with Gasteiger partial charge in [0.1, 0.15) is 6.04 Å². The van der Waals surface area contributed by atoms with Gasteiger partial charge in [0.2, 0.25) is 11.1 Å². The van der Waals surface area contributed by atoms with Crippen molar-refractivity contribution in [1.82, 2.24) is 14.8 Å². The number of hydrogen-bond acceptors (Lipinski definition) is 8. The number of rotatable bonds is 8. The molecule has 1 unspecified atom stereocenters. The summed E-state index contributed by atoms with van der Waals surface area (Å²) in [6.45, 7) is 6.21. The number of hydrogen-bond donors (Lipinski definition) is 1. The van der Waals surface area contributed by atoms with E-state index in [0.717, 1.165) is 17.7 Å². The second-order valence-corrected chi connectivity index (χ2v) is 7.64. The van der Waals surface area contributed by atoms with Crippen LogP contribution in [-0.2, 0) is 9.53 Å². The van der Waals surface area contributed by atoms with Gasteiger partial charge in [0, 0.05) is 5.70 Å². The van der Waals surface area contributed by atoms with Crippen LogP contribution in [-0.4, -0.2) is 47.3 Å². The van der Waals surface area contributed by atoms with Crippen LogP contribution in [0.15, 0.2) is 34.6 Å². The fraction of sp³-hybridized carbons (Fsp3) is 0.450. The summed E-state index contributed by atoms with van der Waals surface area (Å²) < 4.78 is 18.0. The minimum absolute atomic E-state index is 0.357. The Balaban J connectivity index is 2.13. The van der Waals surface area contributed by atoms with E-state index in [9.17, 15) is 4.79 Å². The van der Waals surface area contributed by atoms with Crippen molar-refractivity contribution >= 4 is 23.7 Å². The Hall–Kier alpha value is -2.68. The molecule has 0 spiro atoms. The first-order valence-corrected chi connectivity index (χ1v) is 10.5. The maximum atomic E-state index is 12.9. The van der Waals surface area contributed by atoms with Crippen LogP contribution >= 0.6 is 11.8 Å². The molecule has 3 rings (SSSR count). The Morgan fingerprint density at radius 1 is 1.24 bits per heavy atom. The van der Waals surface area contributed by atoms with Crippen molar-refractivity contribution in [3.8, 4) is 11.5 Å². The Labute approximate surface area is 174 Å². The third-order valence-corrected chi connectivity index (χ3v) is 5.21. The molecule has 1 aromatic heterocycles. The number of methoxy groups -OCH3 is 2. The van der Waals surface area contributed by atoms with E-state index >= 15 is 0 Å². The Morgan fingerprint density at radius 3 is 2.66 bits per heavy atom. The number of thioether (sulfide) groups is 1. The number of carbonyl (C=O) groups is 1. The minimum Gasteiger partial charge on any atom is -0.493 e. The average Bonchev–Trinajstić information content (AvgIpc) is 3.12. The Kier molecular flexibility index (Phi) is 6.68. The van der Waals surface area contributed by atoms with Crippen molar-refractivity contribution in [2.75, 3.05) is 31.9 Å². The highest BCUT2D eigenvalue weighted by Crippen LogP contribution is 2.39. The highest BCUT2D eigenvalue weighted by Gasteiger charge is 2.35. The Morgan fingerprint density at radius 2 is 2.00 bits per heavy atom.